The average Bonchev–Trinajstić information content (AvgIpc) is 2.58. The summed E-state index contributed by atoms with van der Waals surface area (Å²) in [4.78, 5) is 12.1. The van der Waals surface area contributed by atoms with Crippen molar-refractivity contribution >= 4 is 27.5 Å². The second-order valence-corrected chi connectivity index (χ2v) is 7.97. The van der Waals surface area contributed by atoms with Gasteiger partial charge in [0.1, 0.15) is 5.75 Å². The maximum Gasteiger partial charge on any atom is 0.258 e. The lowest BCUT2D eigenvalue weighted by Gasteiger charge is -2.15. The number of hydrogen-bond acceptors (Lipinski definition) is 4. The molecule has 25 heavy (non-hydrogen) atoms. The molecule has 6 nitrogen and oxygen atoms in total. The Bertz CT molecular complexity index is 853. The molecular formula is C17H19ClN2O4S. The fourth-order valence-corrected chi connectivity index (χ4v) is 3.34. The molecule has 0 aliphatic carbocycles. The first-order chi connectivity index (χ1) is 11.8. The van der Waals surface area contributed by atoms with Crippen LogP contribution in [0.25, 0.3) is 0 Å². The molecule has 8 heteroatoms. The predicted octanol–water partition coefficient (Wildman–Crippen LogP) is 2.29. The molecule has 2 aromatic carbocycles. The van der Waals surface area contributed by atoms with Gasteiger partial charge in [0, 0.05) is 25.7 Å². The topological polar surface area (TPSA) is 75.7 Å². The zero-order valence-corrected chi connectivity index (χ0v) is 15.5. The number of hydrogen-bond donors (Lipinski definition) is 1. The monoisotopic (exact) mass is 382 g/mol. The summed E-state index contributed by atoms with van der Waals surface area (Å²) in [6.07, 6.45) is 0. The van der Waals surface area contributed by atoms with Gasteiger partial charge in [0.15, 0.2) is 6.61 Å². The fraction of sp³-hybridized carbons (Fsp3) is 0.235. The van der Waals surface area contributed by atoms with E-state index in [1.807, 2.05) is 0 Å². The molecule has 0 aliphatic heterocycles. The van der Waals surface area contributed by atoms with E-state index in [2.05, 4.69) is 5.32 Å². The predicted molar refractivity (Wildman–Crippen MR) is 96.1 cm³/mol. The molecule has 0 aliphatic rings. The van der Waals surface area contributed by atoms with Gasteiger partial charge in [-0.25, -0.2) is 12.7 Å². The summed E-state index contributed by atoms with van der Waals surface area (Å²) in [6, 6.07) is 13.3. The van der Waals surface area contributed by atoms with Gasteiger partial charge in [0.05, 0.1) is 4.90 Å². The maximum absolute atomic E-state index is 12.3. The highest BCUT2D eigenvalue weighted by Gasteiger charge is 2.20. The number of benzene rings is 2. The van der Waals surface area contributed by atoms with Gasteiger partial charge in [-0.1, -0.05) is 35.9 Å². The smallest absolute Gasteiger partial charge is 0.258 e. The molecule has 0 saturated carbocycles. The molecule has 0 bridgehead atoms. The largest absolute Gasteiger partial charge is 0.484 e. The van der Waals surface area contributed by atoms with Crippen LogP contribution in [0.1, 0.15) is 5.56 Å². The zero-order valence-electron chi connectivity index (χ0n) is 13.9. The number of halogens is 1. The Kier molecular flexibility index (Phi) is 6.41. The molecular weight excluding hydrogens is 364 g/mol. The Morgan fingerprint density at radius 2 is 1.88 bits per heavy atom. The lowest BCUT2D eigenvalue weighted by Crippen LogP contribution is -2.30. The van der Waals surface area contributed by atoms with E-state index < -0.39 is 10.0 Å². The van der Waals surface area contributed by atoms with Gasteiger partial charge >= 0.3 is 0 Å². The number of ether oxygens (including phenoxy) is 1. The summed E-state index contributed by atoms with van der Waals surface area (Å²) in [5, 5.41) is 3.17. The van der Waals surface area contributed by atoms with Crippen molar-refractivity contribution in [3.05, 3.63) is 59.1 Å². The molecule has 0 unspecified atom stereocenters. The Hall–Kier alpha value is -2.09. The molecule has 0 heterocycles. The van der Waals surface area contributed by atoms with Gasteiger partial charge in [-0.15, -0.1) is 0 Å². The minimum Gasteiger partial charge on any atom is -0.484 e. The van der Waals surface area contributed by atoms with Gasteiger partial charge in [-0.05, 0) is 29.8 Å². The zero-order chi connectivity index (χ0) is 18.4. The highest BCUT2D eigenvalue weighted by atomic mass is 35.5. The lowest BCUT2D eigenvalue weighted by atomic mass is 10.2. The Labute approximate surface area is 152 Å². The quantitative estimate of drug-likeness (QED) is 0.797. The van der Waals surface area contributed by atoms with Crippen LogP contribution in [0.2, 0.25) is 5.02 Å². The van der Waals surface area contributed by atoms with Crippen molar-refractivity contribution in [1.29, 1.82) is 0 Å². The fourth-order valence-electron chi connectivity index (χ4n) is 2.05. The molecule has 0 aromatic heterocycles. The maximum atomic E-state index is 12.3. The van der Waals surface area contributed by atoms with Crippen LogP contribution in [0.15, 0.2) is 53.4 Å². The van der Waals surface area contributed by atoms with Gasteiger partial charge in [-0.2, -0.15) is 0 Å². The average molecular weight is 383 g/mol. The highest BCUT2D eigenvalue weighted by molar-refractivity contribution is 7.89. The first-order valence-corrected chi connectivity index (χ1v) is 9.28. The van der Waals surface area contributed by atoms with Crippen LogP contribution >= 0.6 is 11.6 Å². The molecule has 1 N–H and O–H groups in total. The Morgan fingerprint density at radius 1 is 1.16 bits per heavy atom. The SMILES string of the molecule is CN(C)S(=O)(=O)c1ccccc1CNC(=O)COc1cccc(Cl)c1. The third-order valence-corrected chi connectivity index (χ3v) is 5.52. The number of nitrogens with zero attached hydrogens (tertiary/aromatic N) is 1. The summed E-state index contributed by atoms with van der Waals surface area (Å²) in [5.74, 6) is 0.121. The summed E-state index contributed by atoms with van der Waals surface area (Å²) in [6.45, 7) is -0.107. The van der Waals surface area contributed by atoms with E-state index in [4.69, 9.17) is 16.3 Å². The van der Waals surface area contributed by atoms with Crippen molar-refractivity contribution in [2.45, 2.75) is 11.4 Å². The first-order valence-electron chi connectivity index (χ1n) is 7.46. The van der Waals surface area contributed by atoms with Crippen LogP contribution in [-0.4, -0.2) is 39.3 Å². The minimum absolute atomic E-state index is 0.0843. The summed E-state index contributed by atoms with van der Waals surface area (Å²) < 4.78 is 31.1. The summed E-state index contributed by atoms with van der Waals surface area (Å²) in [7, 11) is -0.656. The van der Waals surface area contributed by atoms with Crippen molar-refractivity contribution in [2.75, 3.05) is 20.7 Å². The third-order valence-electron chi connectivity index (χ3n) is 3.37. The van der Waals surface area contributed by atoms with E-state index in [0.29, 0.717) is 16.3 Å². The number of carbonyl (C=O) groups excluding carboxylic acids is 1. The molecule has 2 aromatic rings. The van der Waals surface area contributed by atoms with E-state index in [-0.39, 0.29) is 24.0 Å². The third kappa shape index (κ3) is 5.19. The van der Waals surface area contributed by atoms with Crippen LogP contribution in [0.5, 0.6) is 5.75 Å². The molecule has 134 valence electrons. The van der Waals surface area contributed by atoms with Crippen molar-refractivity contribution in [3.63, 3.8) is 0 Å². The minimum atomic E-state index is -3.58. The van der Waals surface area contributed by atoms with Crippen molar-refractivity contribution in [3.8, 4) is 5.75 Å². The van der Waals surface area contributed by atoms with Crippen LogP contribution in [0.3, 0.4) is 0 Å². The Balaban J connectivity index is 1.98. The van der Waals surface area contributed by atoms with Crippen LogP contribution in [0, 0.1) is 0 Å². The van der Waals surface area contributed by atoms with E-state index in [9.17, 15) is 13.2 Å². The van der Waals surface area contributed by atoms with E-state index >= 15 is 0 Å². The number of amides is 1. The summed E-state index contributed by atoms with van der Waals surface area (Å²) >= 11 is 5.85. The van der Waals surface area contributed by atoms with Gasteiger partial charge in [0.2, 0.25) is 10.0 Å². The molecule has 0 spiro atoms. The van der Waals surface area contributed by atoms with Crippen LogP contribution in [0.4, 0.5) is 0 Å². The van der Waals surface area contributed by atoms with Crippen molar-refractivity contribution in [2.24, 2.45) is 0 Å². The van der Waals surface area contributed by atoms with Crippen LogP contribution < -0.4 is 10.1 Å². The van der Waals surface area contributed by atoms with E-state index in [1.54, 1.807) is 42.5 Å². The van der Waals surface area contributed by atoms with E-state index in [0.717, 1.165) is 4.31 Å². The van der Waals surface area contributed by atoms with Crippen LogP contribution in [-0.2, 0) is 21.4 Å². The number of sulfonamides is 1. The molecule has 1 amide bonds. The van der Waals surface area contributed by atoms with Gasteiger partial charge in [0.25, 0.3) is 5.91 Å². The second kappa shape index (κ2) is 8.33. The Morgan fingerprint density at radius 3 is 2.56 bits per heavy atom. The normalized spacial score (nSPS) is 11.4. The highest BCUT2D eigenvalue weighted by Crippen LogP contribution is 2.19. The molecule has 0 saturated heterocycles. The van der Waals surface area contributed by atoms with Gasteiger partial charge < -0.3 is 10.1 Å². The number of carbonyl (C=O) groups is 1. The standard InChI is InChI=1S/C17H19ClN2O4S/c1-20(2)25(22,23)16-9-4-3-6-13(16)11-19-17(21)12-24-15-8-5-7-14(18)10-15/h3-10H,11-12H2,1-2H3,(H,19,21). The molecule has 0 radical (unpaired) electrons. The molecule has 0 atom stereocenters. The number of rotatable bonds is 7. The molecule has 2 rings (SSSR count). The summed E-state index contributed by atoms with van der Waals surface area (Å²) in [5.41, 5.74) is 0.507. The molecule has 0 fully saturated rings. The second-order valence-electron chi connectivity index (χ2n) is 5.42. The van der Waals surface area contributed by atoms with Crippen molar-refractivity contribution in [1.82, 2.24) is 9.62 Å². The first kappa shape index (κ1) is 19.2. The van der Waals surface area contributed by atoms with Crippen molar-refractivity contribution < 1.29 is 17.9 Å². The van der Waals surface area contributed by atoms with Gasteiger partial charge in [-0.3, -0.25) is 4.79 Å². The lowest BCUT2D eigenvalue weighted by molar-refractivity contribution is -0.123. The van der Waals surface area contributed by atoms with E-state index in [1.165, 1.54) is 20.2 Å². The number of nitrogens with one attached hydrogen (secondary N) is 1.